The molecule has 7 nitrogen and oxygen atoms in total. The van der Waals surface area contributed by atoms with Gasteiger partial charge in [-0.3, -0.25) is 9.48 Å². The fraction of sp³-hybridized carbons (Fsp3) is 0.667. The summed E-state index contributed by atoms with van der Waals surface area (Å²) >= 11 is 1.65. The van der Waals surface area contributed by atoms with Crippen molar-refractivity contribution in [1.82, 2.24) is 20.0 Å². The highest BCUT2D eigenvalue weighted by atomic mass is 32.2. The van der Waals surface area contributed by atoms with Gasteiger partial charge < -0.3 is 16.0 Å². The van der Waals surface area contributed by atoms with Crippen molar-refractivity contribution in [2.24, 2.45) is 5.73 Å². The molecule has 3 N–H and O–H groups in total. The number of urea groups is 1. The molecule has 0 aromatic carbocycles. The zero-order valence-corrected chi connectivity index (χ0v) is 14.5. The Bertz CT molecular complexity index is 548. The molecule has 8 heteroatoms. The van der Waals surface area contributed by atoms with Crippen molar-refractivity contribution in [3.8, 4) is 0 Å². The van der Waals surface area contributed by atoms with E-state index in [0.717, 1.165) is 30.7 Å². The number of aryl methyl sites for hydroxylation is 1. The lowest BCUT2D eigenvalue weighted by Gasteiger charge is -2.29. The second-order valence-corrected chi connectivity index (χ2v) is 6.90. The molecular formula is C15H25N5O2S. The predicted octanol–water partition coefficient (Wildman–Crippen LogP) is 0.973. The van der Waals surface area contributed by atoms with Crippen LogP contribution in [-0.4, -0.2) is 57.3 Å². The molecule has 0 radical (unpaired) electrons. The molecule has 2 atom stereocenters. The van der Waals surface area contributed by atoms with Crippen LogP contribution in [0.5, 0.6) is 0 Å². The number of likely N-dealkylation sites (tertiary alicyclic amines) is 1. The van der Waals surface area contributed by atoms with E-state index >= 15 is 0 Å². The summed E-state index contributed by atoms with van der Waals surface area (Å²) in [4.78, 5) is 25.9. The molecular weight excluding hydrogens is 314 g/mol. The van der Waals surface area contributed by atoms with Gasteiger partial charge in [0.05, 0.1) is 18.8 Å². The highest BCUT2D eigenvalue weighted by Crippen LogP contribution is 2.21. The smallest absolute Gasteiger partial charge is 0.312 e. The Balaban J connectivity index is 2.03. The number of thioether (sulfide) groups is 1. The van der Waals surface area contributed by atoms with Crippen molar-refractivity contribution in [1.29, 1.82) is 0 Å². The van der Waals surface area contributed by atoms with E-state index < -0.39 is 12.1 Å². The number of hydrogen-bond acceptors (Lipinski definition) is 4. The first-order valence-electron chi connectivity index (χ1n) is 7.85. The Morgan fingerprint density at radius 3 is 2.96 bits per heavy atom. The quantitative estimate of drug-likeness (QED) is 0.774. The van der Waals surface area contributed by atoms with E-state index in [1.54, 1.807) is 11.8 Å². The average Bonchev–Trinajstić information content (AvgIpc) is 3.12. The van der Waals surface area contributed by atoms with Crippen LogP contribution in [0.1, 0.15) is 24.8 Å². The second kappa shape index (κ2) is 8.24. The first kappa shape index (κ1) is 17.7. The summed E-state index contributed by atoms with van der Waals surface area (Å²) in [5, 5.41) is 6.89. The highest BCUT2D eigenvalue weighted by molar-refractivity contribution is 7.98. The van der Waals surface area contributed by atoms with Gasteiger partial charge in [-0.25, -0.2) is 4.79 Å². The largest absolute Gasteiger partial charge is 0.352 e. The van der Waals surface area contributed by atoms with Crippen LogP contribution in [0.2, 0.25) is 0 Å². The lowest BCUT2D eigenvalue weighted by atomic mass is 10.1. The van der Waals surface area contributed by atoms with Gasteiger partial charge in [-0.05, 0) is 43.8 Å². The number of carbonyl (C=O) groups excluding carboxylic acids is 2. The van der Waals surface area contributed by atoms with E-state index in [0.29, 0.717) is 13.0 Å². The van der Waals surface area contributed by atoms with Crippen molar-refractivity contribution < 1.29 is 9.59 Å². The van der Waals surface area contributed by atoms with E-state index in [1.165, 1.54) is 0 Å². The second-order valence-electron chi connectivity index (χ2n) is 5.91. The Hall–Kier alpha value is -1.70. The molecule has 0 unspecified atom stereocenters. The molecule has 1 aliphatic heterocycles. The van der Waals surface area contributed by atoms with Gasteiger partial charge in [0.1, 0.15) is 6.04 Å². The number of hydrogen-bond donors (Lipinski definition) is 2. The number of primary amides is 1. The average molecular weight is 339 g/mol. The van der Waals surface area contributed by atoms with E-state index in [9.17, 15) is 9.59 Å². The third-order valence-electron chi connectivity index (χ3n) is 4.05. The fourth-order valence-electron chi connectivity index (χ4n) is 2.96. The van der Waals surface area contributed by atoms with Gasteiger partial charge in [0.2, 0.25) is 5.91 Å². The van der Waals surface area contributed by atoms with Crippen molar-refractivity contribution in [2.45, 2.75) is 44.8 Å². The molecule has 0 spiro atoms. The summed E-state index contributed by atoms with van der Waals surface area (Å²) in [5.41, 5.74) is 6.33. The highest BCUT2D eigenvalue weighted by Gasteiger charge is 2.33. The number of aromatic nitrogens is 2. The Morgan fingerprint density at radius 2 is 2.35 bits per heavy atom. The summed E-state index contributed by atoms with van der Waals surface area (Å²) in [5.74, 6) is 0.761. The summed E-state index contributed by atoms with van der Waals surface area (Å²) in [6.45, 7) is 3.40. The van der Waals surface area contributed by atoms with Crippen LogP contribution < -0.4 is 11.1 Å². The third-order valence-corrected chi connectivity index (χ3v) is 4.69. The summed E-state index contributed by atoms with van der Waals surface area (Å²) in [7, 11) is 0. The SMILES string of the molecule is CSCC[C@H](NC(N)=O)C(=O)N1CCC[C@H]1Cn1cc(C)cn1. The number of nitrogens with one attached hydrogen (secondary N) is 1. The minimum Gasteiger partial charge on any atom is -0.352 e. The fourth-order valence-corrected chi connectivity index (χ4v) is 3.43. The molecule has 1 fully saturated rings. The van der Waals surface area contributed by atoms with Gasteiger partial charge in [-0.15, -0.1) is 0 Å². The molecule has 3 amide bonds. The number of nitrogens with zero attached hydrogens (tertiary/aromatic N) is 3. The van der Waals surface area contributed by atoms with Crippen molar-refractivity contribution >= 4 is 23.7 Å². The monoisotopic (exact) mass is 339 g/mol. The van der Waals surface area contributed by atoms with Crippen LogP contribution in [0.25, 0.3) is 0 Å². The van der Waals surface area contributed by atoms with Gasteiger partial charge >= 0.3 is 6.03 Å². The minimum absolute atomic E-state index is 0.0378. The first-order chi connectivity index (χ1) is 11.0. The van der Waals surface area contributed by atoms with Crippen molar-refractivity contribution in [2.75, 3.05) is 18.6 Å². The van der Waals surface area contributed by atoms with Crippen LogP contribution in [-0.2, 0) is 11.3 Å². The van der Waals surface area contributed by atoms with Crippen LogP contribution in [0.3, 0.4) is 0 Å². The first-order valence-corrected chi connectivity index (χ1v) is 9.25. The van der Waals surface area contributed by atoms with Gasteiger partial charge in [0.15, 0.2) is 0 Å². The summed E-state index contributed by atoms with van der Waals surface area (Å²) < 4.78 is 1.88. The van der Waals surface area contributed by atoms with E-state index in [4.69, 9.17) is 5.73 Å². The molecule has 0 aliphatic carbocycles. The maximum atomic E-state index is 12.8. The zero-order valence-electron chi connectivity index (χ0n) is 13.7. The van der Waals surface area contributed by atoms with E-state index in [-0.39, 0.29) is 11.9 Å². The molecule has 1 aromatic rings. The van der Waals surface area contributed by atoms with Gasteiger partial charge in [0, 0.05) is 12.7 Å². The summed E-state index contributed by atoms with van der Waals surface area (Å²) in [6.07, 6.45) is 8.29. The zero-order chi connectivity index (χ0) is 16.8. The predicted molar refractivity (Wildman–Crippen MR) is 91.2 cm³/mol. The Labute approximate surface area is 141 Å². The molecule has 1 aliphatic rings. The number of rotatable bonds is 7. The van der Waals surface area contributed by atoms with Gasteiger partial charge in [0.25, 0.3) is 0 Å². The maximum absolute atomic E-state index is 12.8. The van der Waals surface area contributed by atoms with Gasteiger partial charge in [-0.1, -0.05) is 0 Å². The van der Waals surface area contributed by atoms with Crippen molar-refractivity contribution in [3.05, 3.63) is 18.0 Å². The van der Waals surface area contributed by atoms with Crippen LogP contribution >= 0.6 is 11.8 Å². The molecule has 1 saturated heterocycles. The van der Waals surface area contributed by atoms with Crippen LogP contribution in [0.4, 0.5) is 4.79 Å². The maximum Gasteiger partial charge on any atom is 0.312 e. The van der Waals surface area contributed by atoms with E-state index in [2.05, 4.69) is 10.4 Å². The number of nitrogens with two attached hydrogens (primary N) is 1. The minimum atomic E-state index is -0.650. The molecule has 0 bridgehead atoms. The van der Waals surface area contributed by atoms with Crippen molar-refractivity contribution in [3.63, 3.8) is 0 Å². The van der Waals surface area contributed by atoms with E-state index in [1.807, 2.05) is 35.2 Å². The Morgan fingerprint density at radius 1 is 1.57 bits per heavy atom. The standard InChI is InChI=1S/C15H25N5O2S/c1-11-8-17-19(9-11)10-12-4-3-6-20(12)14(21)13(5-7-23-2)18-15(16)22/h8-9,12-13H,3-7,10H2,1-2H3,(H3,16,18,22)/t12-,13-/m0/s1. The Kier molecular flexibility index (Phi) is 6.32. The molecule has 1 aromatic heterocycles. The molecule has 0 saturated carbocycles. The van der Waals surface area contributed by atoms with Crippen LogP contribution in [0, 0.1) is 6.92 Å². The normalized spacial score (nSPS) is 18.9. The third kappa shape index (κ3) is 4.89. The lowest BCUT2D eigenvalue weighted by Crippen LogP contribution is -2.52. The summed E-state index contributed by atoms with van der Waals surface area (Å²) in [6, 6.07) is -1.07. The van der Waals surface area contributed by atoms with Gasteiger partial charge in [-0.2, -0.15) is 16.9 Å². The molecule has 2 heterocycles. The lowest BCUT2D eigenvalue weighted by molar-refractivity contribution is -0.134. The number of amides is 3. The number of carbonyl (C=O) groups is 2. The molecule has 128 valence electrons. The topological polar surface area (TPSA) is 93.2 Å². The molecule has 2 rings (SSSR count). The molecule has 23 heavy (non-hydrogen) atoms. The van der Waals surface area contributed by atoms with Crippen LogP contribution in [0.15, 0.2) is 12.4 Å².